The van der Waals surface area contributed by atoms with E-state index in [2.05, 4.69) is 83.5 Å². The number of rotatable bonds is 10. The summed E-state index contributed by atoms with van der Waals surface area (Å²) in [5.41, 5.74) is 3.69. The average Bonchev–Trinajstić information content (AvgIpc) is 2.78. The molecule has 1 heterocycles. The van der Waals surface area contributed by atoms with Crippen LogP contribution in [-0.2, 0) is 0 Å². The van der Waals surface area contributed by atoms with Gasteiger partial charge in [-0.05, 0) is 106 Å². The summed E-state index contributed by atoms with van der Waals surface area (Å²) < 4.78 is 0. The van der Waals surface area contributed by atoms with E-state index in [1.54, 1.807) is 0 Å². The predicted octanol–water partition coefficient (Wildman–Crippen LogP) is 4.70. The van der Waals surface area contributed by atoms with E-state index in [0.29, 0.717) is 5.11 Å². The monoisotopic (exact) mass is 455 g/mol. The summed E-state index contributed by atoms with van der Waals surface area (Å²) in [4.78, 5) is 7.44. The summed E-state index contributed by atoms with van der Waals surface area (Å²) in [6, 6.07) is 11.2. The van der Waals surface area contributed by atoms with Gasteiger partial charge in [-0.1, -0.05) is 19.9 Å². The number of nitrogens with one attached hydrogen (secondary N) is 2. The molecular formula is C26H41N5S. The van der Waals surface area contributed by atoms with E-state index in [9.17, 15) is 0 Å². The molecule has 1 aliphatic rings. The molecule has 0 radical (unpaired) electrons. The minimum Gasteiger partial charge on any atom is -0.369 e. The standard InChI is InChI=1S/C26H41N5S/c1-5-11-30(12-6-2)13-7-10-27-26(32)28-23-9-8-22-19-24(18-21(3)25(22)20-23)31-16-14-29(4)15-17-31/h8-9,18-20H,5-7,10-17H2,1-4H3,(H2,27,28,32). The Balaban J connectivity index is 1.54. The Kier molecular flexibility index (Phi) is 9.57. The zero-order valence-corrected chi connectivity index (χ0v) is 21.2. The summed E-state index contributed by atoms with van der Waals surface area (Å²) in [5, 5.41) is 10.0. The second kappa shape index (κ2) is 12.4. The number of likely N-dealkylation sites (N-methyl/N-ethyl adjacent to an activating group) is 1. The minimum atomic E-state index is 0.702. The van der Waals surface area contributed by atoms with E-state index in [1.807, 2.05) is 0 Å². The first kappa shape index (κ1) is 24.7. The lowest BCUT2D eigenvalue weighted by Crippen LogP contribution is -2.44. The van der Waals surface area contributed by atoms with Crippen LogP contribution in [0.2, 0.25) is 0 Å². The molecule has 6 heteroatoms. The maximum atomic E-state index is 5.54. The van der Waals surface area contributed by atoms with Gasteiger partial charge in [-0.2, -0.15) is 0 Å². The van der Waals surface area contributed by atoms with Crippen LogP contribution in [0.25, 0.3) is 10.8 Å². The number of benzene rings is 2. The molecule has 5 nitrogen and oxygen atoms in total. The van der Waals surface area contributed by atoms with E-state index < -0.39 is 0 Å². The van der Waals surface area contributed by atoms with Crippen molar-refractivity contribution in [3.63, 3.8) is 0 Å². The maximum absolute atomic E-state index is 5.54. The van der Waals surface area contributed by atoms with Crippen molar-refractivity contribution in [3.05, 3.63) is 35.9 Å². The SMILES string of the molecule is CCCN(CCC)CCCNC(=S)Nc1ccc2cc(N3CCN(C)CC3)cc(C)c2c1. The number of aryl methyl sites for hydroxylation is 1. The molecule has 3 rings (SSSR count). The van der Waals surface area contributed by atoms with Gasteiger partial charge in [0.15, 0.2) is 5.11 Å². The highest BCUT2D eigenvalue weighted by molar-refractivity contribution is 7.80. The molecule has 1 saturated heterocycles. The molecule has 32 heavy (non-hydrogen) atoms. The Hall–Kier alpha value is -1.89. The first-order valence-electron chi connectivity index (χ1n) is 12.2. The van der Waals surface area contributed by atoms with Crippen LogP contribution in [0.5, 0.6) is 0 Å². The summed E-state index contributed by atoms with van der Waals surface area (Å²) >= 11 is 5.54. The van der Waals surface area contributed by atoms with Crippen LogP contribution >= 0.6 is 12.2 Å². The van der Waals surface area contributed by atoms with Crippen LogP contribution < -0.4 is 15.5 Å². The normalized spacial score (nSPS) is 14.8. The molecule has 2 aromatic rings. The molecule has 1 aliphatic heterocycles. The molecule has 0 spiro atoms. The van der Waals surface area contributed by atoms with E-state index >= 15 is 0 Å². The third-order valence-electron chi connectivity index (χ3n) is 6.29. The second-order valence-corrected chi connectivity index (χ2v) is 9.47. The molecule has 0 unspecified atom stereocenters. The Morgan fingerprint density at radius 3 is 2.41 bits per heavy atom. The molecule has 0 atom stereocenters. The molecule has 0 aromatic heterocycles. The zero-order valence-electron chi connectivity index (χ0n) is 20.4. The van der Waals surface area contributed by atoms with Crippen molar-refractivity contribution < 1.29 is 0 Å². The van der Waals surface area contributed by atoms with E-state index in [-0.39, 0.29) is 0 Å². The summed E-state index contributed by atoms with van der Waals surface area (Å²) in [6.45, 7) is 15.5. The summed E-state index contributed by atoms with van der Waals surface area (Å²) in [6.07, 6.45) is 3.53. The topological polar surface area (TPSA) is 33.8 Å². The average molecular weight is 456 g/mol. The Morgan fingerprint density at radius 2 is 1.72 bits per heavy atom. The summed E-state index contributed by atoms with van der Waals surface area (Å²) in [7, 11) is 2.20. The van der Waals surface area contributed by atoms with Gasteiger partial charge in [-0.3, -0.25) is 0 Å². The lowest BCUT2D eigenvalue weighted by atomic mass is 10.0. The van der Waals surface area contributed by atoms with Crippen LogP contribution in [0.15, 0.2) is 30.3 Å². The highest BCUT2D eigenvalue weighted by Crippen LogP contribution is 2.29. The summed E-state index contributed by atoms with van der Waals surface area (Å²) in [5.74, 6) is 0. The molecule has 2 N–H and O–H groups in total. The van der Waals surface area contributed by atoms with Gasteiger partial charge in [-0.25, -0.2) is 0 Å². The van der Waals surface area contributed by atoms with Gasteiger partial charge in [0.25, 0.3) is 0 Å². The van der Waals surface area contributed by atoms with Crippen LogP contribution in [-0.4, -0.2) is 74.3 Å². The fourth-order valence-electron chi connectivity index (χ4n) is 4.50. The molecule has 0 aliphatic carbocycles. The third-order valence-corrected chi connectivity index (χ3v) is 6.53. The highest BCUT2D eigenvalue weighted by atomic mass is 32.1. The van der Waals surface area contributed by atoms with E-state index in [1.165, 1.54) is 48.0 Å². The first-order valence-corrected chi connectivity index (χ1v) is 12.7. The van der Waals surface area contributed by atoms with Gasteiger partial charge < -0.3 is 25.3 Å². The Labute approximate surface area is 200 Å². The van der Waals surface area contributed by atoms with E-state index in [4.69, 9.17) is 12.2 Å². The van der Waals surface area contributed by atoms with Gasteiger partial charge in [0.2, 0.25) is 0 Å². The second-order valence-electron chi connectivity index (χ2n) is 9.07. The first-order chi connectivity index (χ1) is 15.5. The number of fused-ring (bicyclic) bond motifs is 1. The van der Waals surface area contributed by atoms with Gasteiger partial charge >= 0.3 is 0 Å². The van der Waals surface area contributed by atoms with Crippen molar-refractivity contribution >= 4 is 39.5 Å². The highest BCUT2D eigenvalue weighted by Gasteiger charge is 2.15. The van der Waals surface area contributed by atoms with Crippen molar-refractivity contribution in [2.45, 2.75) is 40.0 Å². The smallest absolute Gasteiger partial charge is 0.170 e. The number of thiocarbonyl (C=S) groups is 1. The molecule has 2 aromatic carbocycles. The number of nitrogens with zero attached hydrogens (tertiary/aromatic N) is 3. The molecule has 0 bridgehead atoms. The minimum absolute atomic E-state index is 0.702. The maximum Gasteiger partial charge on any atom is 0.170 e. The number of hydrogen-bond acceptors (Lipinski definition) is 4. The lowest BCUT2D eigenvalue weighted by Gasteiger charge is -2.34. The fourth-order valence-corrected chi connectivity index (χ4v) is 4.72. The van der Waals surface area contributed by atoms with Gasteiger partial charge in [-0.15, -0.1) is 0 Å². The van der Waals surface area contributed by atoms with Crippen LogP contribution in [0.4, 0.5) is 11.4 Å². The predicted molar refractivity (Wildman–Crippen MR) is 144 cm³/mol. The van der Waals surface area contributed by atoms with Crippen LogP contribution in [0.1, 0.15) is 38.7 Å². The molecule has 176 valence electrons. The largest absolute Gasteiger partial charge is 0.369 e. The lowest BCUT2D eigenvalue weighted by molar-refractivity contribution is 0.272. The van der Waals surface area contributed by atoms with Crippen molar-refractivity contribution in [3.8, 4) is 0 Å². The van der Waals surface area contributed by atoms with Crippen LogP contribution in [0, 0.1) is 6.92 Å². The Bertz CT molecular complexity index is 870. The molecule has 0 amide bonds. The third kappa shape index (κ3) is 7.06. The Morgan fingerprint density at radius 1 is 1.00 bits per heavy atom. The number of piperazine rings is 1. The van der Waals surface area contributed by atoms with Crippen LogP contribution in [0.3, 0.4) is 0 Å². The van der Waals surface area contributed by atoms with Crippen molar-refractivity contribution in [1.82, 2.24) is 15.1 Å². The van der Waals surface area contributed by atoms with Crippen molar-refractivity contribution in [1.29, 1.82) is 0 Å². The molecular weight excluding hydrogens is 414 g/mol. The van der Waals surface area contributed by atoms with Crippen molar-refractivity contribution in [2.75, 3.05) is 69.6 Å². The number of anilines is 2. The molecule has 0 saturated carbocycles. The zero-order chi connectivity index (χ0) is 22.9. The fraction of sp³-hybridized carbons (Fsp3) is 0.577. The van der Waals surface area contributed by atoms with Gasteiger partial charge in [0, 0.05) is 44.1 Å². The quantitative estimate of drug-likeness (QED) is 0.399. The van der Waals surface area contributed by atoms with Crippen molar-refractivity contribution in [2.24, 2.45) is 0 Å². The number of hydrogen-bond donors (Lipinski definition) is 2. The van der Waals surface area contributed by atoms with Gasteiger partial charge in [0.05, 0.1) is 0 Å². The molecule has 1 fully saturated rings. The van der Waals surface area contributed by atoms with E-state index in [0.717, 1.165) is 51.4 Å². The van der Waals surface area contributed by atoms with Gasteiger partial charge in [0.1, 0.15) is 0 Å².